The van der Waals surface area contributed by atoms with Crippen molar-refractivity contribution in [3.8, 4) is 0 Å². The minimum atomic E-state index is -2.40. The van der Waals surface area contributed by atoms with E-state index in [9.17, 15) is 4.79 Å². The molecule has 0 aromatic carbocycles. The summed E-state index contributed by atoms with van der Waals surface area (Å²) in [6.07, 6.45) is -0.538. The quantitative estimate of drug-likeness (QED) is 0.433. The van der Waals surface area contributed by atoms with Gasteiger partial charge in [-0.05, 0) is 13.8 Å². The molecule has 0 aromatic heterocycles. The van der Waals surface area contributed by atoms with Crippen LogP contribution in [0.5, 0.6) is 0 Å². The summed E-state index contributed by atoms with van der Waals surface area (Å²) in [5.41, 5.74) is 0.294. The fraction of sp³-hybridized carbons (Fsp3) is 0.667. The zero-order chi connectivity index (χ0) is 12.4. The van der Waals surface area contributed by atoms with Crippen molar-refractivity contribution in [2.24, 2.45) is 0 Å². The number of carbonyl (C=O) groups excluding carboxylic acids is 1. The Balaban J connectivity index is 0. The number of carbonyl (C=O) groups is 1. The first kappa shape index (κ1) is 16.9. The lowest BCUT2D eigenvalue weighted by Crippen LogP contribution is -2.17. The van der Waals surface area contributed by atoms with E-state index in [0.29, 0.717) is 5.57 Å². The average Bonchev–Trinajstić information content (AvgIpc) is 2.16. The van der Waals surface area contributed by atoms with Crippen LogP contribution in [0.15, 0.2) is 12.2 Å². The number of ether oxygens (including phenoxy) is 1. The molecule has 0 rings (SSSR count). The first-order valence-electron chi connectivity index (χ1n) is 4.60. The predicted octanol–water partition coefficient (Wildman–Crippen LogP) is 1.75. The predicted molar refractivity (Wildman–Crippen MR) is 59.0 cm³/mol. The molecule has 0 heterocycles. The smallest absolute Gasteiger partial charge is 0.333 e. The summed E-state index contributed by atoms with van der Waals surface area (Å²) >= 11 is 0. The molecule has 0 amide bonds. The van der Waals surface area contributed by atoms with E-state index in [0.717, 1.165) is 0 Å². The highest BCUT2D eigenvalue weighted by Gasteiger charge is 2.11. The van der Waals surface area contributed by atoms with Gasteiger partial charge in [0.15, 0.2) is 0 Å². The van der Waals surface area contributed by atoms with E-state index < -0.39 is 20.7 Å². The van der Waals surface area contributed by atoms with Crippen LogP contribution in [0, 0.1) is 0 Å². The minimum absolute atomic E-state index is 0.0222. The van der Waals surface area contributed by atoms with Gasteiger partial charge in [0.05, 0.1) is 6.10 Å². The zero-order valence-corrected chi connectivity index (χ0v) is 10.5. The van der Waals surface area contributed by atoms with Crippen molar-refractivity contribution in [2.45, 2.75) is 33.8 Å². The second-order valence-corrected chi connectivity index (χ2v) is 3.26. The molecule has 90 valence electrons. The van der Waals surface area contributed by atoms with Crippen molar-refractivity contribution in [1.29, 1.82) is 0 Å². The van der Waals surface area contributed by atoms with Gasteiger partial charge in [0.1, 0.15) is 6.61 Å². The SMILES string of the molecule is C=C(C)C(=O)OCC(C)OP(O)O.CC. The van der Waals surface area contributed by atoms with Gasteiger partial charge in [-0.25, -0.2) is 4.79 Å². The average molecular weight is 238 g/mol. The van der Waals surface area contributed by atoms with E-state index >= 15 is 0 Å². The van der Waals surface area contributed by atoms with Crippen LogP contribution in [0.1, 0.15) is 27.7 Å². The van der Waals surface area contributed by atoms with Gasteiger partial charge in [-0.3, -0.25) is 0 Å². The highest BCUT2D eigenvalue weighted by Crippen LogP contribution is 2.26. The van der Waals surface area contributed by atoms with Crippen LogP contribution in [-0.4, -0.2) is 28.5 Å². The van der Waals surface area contributed by atoms with Crippen molar-refractivity contribution in [3.63, 3.8) is 0 Å². The summed E-state index contributed by atoms with van der Waals surface area (Å²) < 4.78 is 9.24. The van der Waals surface area contributed by atoms with Gasteiger partial charge in [0, 0.05) is 5.57 Å². The van der Waals surface area contributed by atoms with Crippen LogP contribution in [0.2, 0.25) is 0 Å². The molecule has 0 aliphatic heterocycles. The first-order chi connectivity index (χ1) is 6.93. The topological polar surface area (TPSA) is 76.0 Å². The van der Waals surface area contributed by atoms with Crippen LogP contribution in [0.25, 0.3) is 0 Å². The lowest BCUT2D eigenvalue weighted by Gasteiger charge is -2.12. The van der Waals surface area contributed by atoms with E-state index in [1.807, 2.05) is 13.8 Å². The Kier molecular flexibility index (Phi) is 11.3. The maximum atomic E-state index is 10.8. The molecule has 0 aliphatic carbocycles. The van der Waals surface area contributed by atoms with Crippen LogP contribution < -0.4 is 0 Å². The molecule has 6 heteroatoms. The molecule has 1 atom stereocenters. The van der Waals surface area contributed by atoms with Crippen molar-refractivity contribution in [3.05, 3.63) is 12.2 Å². The van der Waals surface area contributed by atoms with Gasteiger partial charge in [0.2, 0.25) is 0 Å². The summed E-state index contributed by atoms with van der Waals surface area (Å²) in [4.78, 5) is 27.7. The third-order valence-electron chi connectivity index (χ3n) is 1.07. The van der Waals surface area contributed by atoms with E-state index in [1.165, 1.54) is 6.92 Å². The molecular weight excluding hydrogens is 219 g/mol. The van der Waals surface area contributed by atoms with Crippen molar-refractivity contribution in [2.75, 3.05) is 6.61 Å². The van der Waals surface area contributed by atoms with Gasteiger partial charge in [0.25, 0.3) is 0 Å². The van der Waals surface area contributed by atoms with E-state index in [2.05, 4.69) is 11.1 Å². The number of hydrogen-bond donors (Lipinski definition) is 2. The summed E-state index contributed by atoms with van der Waals surface area (Å²) in [6.45, 7) is 10.5. The Morgan fingerprint density at radius 3 is 2.27 bits per heavy atom. The highest BCUT2D eigenvalue weighted by atomic mass is 31.2. The minimum Gasteiger partial charge on any atom is -0.460 e. The molecular formula is C9H19O5P. The normalized spacial score (nSPS) is 11.4. The maximum absolute atomic E-state index is 10.8. The fourth-order valence-electron chi connectivity index (χ4n) is 0.508. The molecule has 0 saturated heterocycles. The van der Waals surface area contributed by atoms with E-state index in [1.54, 1.807) is 6.92 Å². The van der Waals surface area contributed by atoms with Gasteiger partial charge >= 0.3 is 14.6 Å². The Bertz CT molecular complexity index is 193. The molecule has 0 fully saturated rings. The summed E-state index contributed by atoms with van der Waals surface area (Å²) in [6, 6.07) is 0. The highest BCUT2D eigenvalue weighted by molar-refractivity contribution is 7.39. The Morgan fingerprint density at radius 1 is 1.47 bits per heavy atom. The lowest BCUT2D eigenvalue weighted by atomic mass is 10.3. The van der Waals surface area contributed by atoms with Crippen LogP contribution in [0.3, 0.4) is 0 Å². The standard InChI is InChI=1S/C7H13O5P.C2H6/c1-5(2)7(8)11-4-6(3)12-13(9)10;1-2/h6,9-10H,1,4H2,2-3H3;1-2H3. The Morgan fingerprint density at radius 2 is 1.93 bits per heavy atom. The molecule has 2 N–H and O–H groups in total. The number of hydrogen-bond acceptors (Lipinski definition) is 5. The molecule has 0 saturated carbocycles. The number of esters is 1. The zero-order valence-electron chi connectivity index (χ0n) is 9.56. The lowest BCUT2D eigenvalue weighted by molar-refractivity contribution is -0.141. The summed E-state index contributed by atoms with van der Waals surface area (Å²) in [5.74, 6) is -0.518. The fourth-order valence-corrected chi connectivity index (χ4v) is 0.890. The van der Waals surface area contributed by atoms with Crippen LogP contribution >= 0.6 is 8.60 Å². The van der Waals surface area contributed by atoms with Crippen LogP contribution in [-0.2, 0) is 14.1 Å². The second kappa shape index (κ2) is 10.1. The maximum Gasteiger partial charge on any atom is 0.333 e. The first-order valence-corrected chi connectivity index (χ1v) is 5.77. The van der Waals surface area contributed by atoms with Crippen LogP contribution in [0.4, 0.5) is 0 Å². The summed E-state index contributed by atoms with van der Waals surface area (Å²) in [5, 5.41) is 0. The number of rotatable bonds is 5. The van der Waals surface area contributed by atoms with Crippen molar-refractivity contribution >= 4 is 14.6 Å². The Hall–Kier alpha value is -0.480. The molecule has 5 nitrogen and oxygen atoms in total. The molecule has 0 spiro atoms. The van der Waals surface area contributed by atoms with E-state index in [-0.39, 0.29) is 6.61 Å². The van der Waals surface area contributed by atoms with E-state index in [4.69, 9.17) is 14.5 Å². The molecule has 0 aromatic rings. The van der Waals surface area contributed by atoms with Gasteiger partial charge in [-0.15, -0.1) is 0 Å². The van der Waals surface area contributed by atoms with Crippen molar-refractivity contribution < 1.29 is 23.8 Å². The van der Waals surface area contributed by atoms with Gasteiger partial charge in [-0.1, -0.05) is 20.4 Å². The third-order valence-corrected chi connectivity index (χ3v) is 1.62. The molecule has 0 radical (unpaired) electrons. The van der Waals surface area contributed by atoms with Gasteiger partial charge < -0.3 is 19.0 Å². The molecule has 0 aliphatic rings. The largest absolute Gasteiger partial charge is 0.460 e. The molecule has 0 bridgehead atoms. The van der Waals surface area contributed by atoms with Crippen molar-refractivity contribution in [1.82, 2.24) is 0 Å². The van der Waals surface area contributed by atoms with Gasteiger partial charge in [-0.2, -0.15) is 0 Å². The Labute approximate surface area is 91.7 Å². The molecule has 15 heavy (non-hydrogen) atoms. The molecule has 1 unspecified atom stereocenters. The second-order valence-electron chi connectivity index (χ2n) is 2.55. The summed E-state index contributed by atoms with van der Waals surface area (Å²) in [7, 11) is -2.40. The monoisotopic (exact) mass is 238 g/mol. The third kappa shape index (κ3) is 11.4.